The lowest BCUT2D eigenvalue weighted by atomic mass is 10.1. The van der Waals surface area contributed by atoms with Crippen molar-refractivity contribution in [3.05, 3.63) is 0 Å². The molecule has 1 fully saturated rings. The Morgan fingerprint density at radius 3 is 2.71 bits per heavy atom. The average molecular weight is 208 g/mol. The third-order valence-electron chi connectivity index (χ3n) is 2.21. The van der Waals surface area contributed by atoms with Gasteiger partial charge in [0, 0.05) is 19.6 Å². The van der Waals surface area contributed by atoms with Gasteiger partial charge in [-0.05, 0) is 13.8 Å². The molecule has 5 heteroatoms. The van der Waals surface area contributed by atoms with Crippen molar-refractivity contribution in [3.63, 3.8) is 0 Å². The van der Waals surface area contributed by atoms with Crippen LogP contribution in [0.15, 0.2) is 0 Å². The maximum absolute atomic E-state index is 12.2. The lowest BCUT2D eigenvalue weighted by Crippen LogP contribution is -2.55. The quantitative estimate of drug-likeness (QED) is 0.741. The first-order valence-electron chi connectivity index (χ1n) is 4.81. The minimum Gasteiger partial charge on any atom is -0.368 e. The largest absolute Gasteiger partial charge is 0.368 e. The number of hydrogen-bond acceptors (Lipinski definition) is 3. The number of morpholine rings is 1. The van der Waals surface area contributed by atoms with Crippen molar-refractivity contribution in [2.75, 3.05) is 26.2 Å². The van der Waals surface area contributed by atoms with Crippen LogP contribution in [-0.2, 0) is 4.74 Å². The second-order valence-electron chi connectivity index (χ2n) is 4.32. The molecule has 0 radical (unpaired) electrons. The van der Waals surface area contributed by atoms with Gasteiger partial charge in [-0.2, -0.15) is 0 Å². The molecule has 14 heavy (non-hydrogen) atoms. The smallest absolute Gasteiger partial charge is 0.251 e. The Balaban J connectivity index is 2.52. The van der Waals surface area contributed by atoms with Crippen LogP contribution in [0, 0.1) is 0 Å². The molecule has 0 aromatic carbocycles. The van der Waals surface area contributed by atoms with Crippen LogP contribution in [0.25, 0.3) is 0 Å². The Morgan fingerprint density at radius 1 is 1.57 bits per heavy atom. The van der Waals surface area contributed by atoms with Crippen LogP contribution in [0.4, 0.5) is 8.78 Å². The number of rotatable bonds is 3. The van der Waals surface area contributed by atoms with Gasteiger partial charge in [-0.15, -0.1) is 0 Å². The van der Waals surface area contributed by atoms with Crippen LogP contribution < -0.4 is 5.73 Å². The van der Waals surface area contributed by atoms with Gasteiger partial charge in [-0.25, -0.2) is 8.78 Å². The lowest BCUT2D eigenvalue weighted by molar-refractivity contribution is -0.138. The van der Waals surface area contributed by atoms with E-state index in [1.54, 1.807) is 4.90 Å². The molecule has 1 atom stereocenters. The predicted molar refractivity (Wildman–Crippen MR) is 50.5 cm³/mol. The van der Waals surface area contributed by atoms with E-state index in [9.17, 15) is 8.78 Å². The standard InChI is InChI=1S/C9H18F2N2O/c1-9(2)6-13(5-8(10)11)4-7(3-12)14-9/h7-8H,3-6,12H2,1-2H3. The molecular weight excluding hydrogens is 190 g/mol. The van der Waals surface area contributed by atoms with Gasteiger partial charge in [0.15, 0.2) is 0 Å². The molecule has 0 aromatic heterocycles. The van der Waals surface area contributed by atoms with Gasteiger partial charge >= 0.3 is 0 Å². The second-order valence-corrected chi connectivity index (χ2v) is 4.32. The third kappa shape index (κ3) is 3.48. The SMILES string of the molecule is CC1(C)CN(CC(F)F)CC(CN)O1. The zero-order valence-electron chi connectivity index (χ0n) is 8.67. The van der Waals surface area contributed by atoms with E-state index in [0.717, 1.165) is 0 Å². The maximum Gasteiger partial charge on any atom is 0.251 e. The van der Waals surface area contributed by atoms with Gasteiger partial charge in [0.05, 0.1) is 18.2 Å². The van der Waals surface area contributed by atoms with Gasteiger partial charge in [0.1, 0.15) is 0 Å². The maximum atomic E-state index is 12.2. The molecule has 0 spiro atoms. The summed E-state index contributed by atoms with van der Waals surface area (Å²) in [4.78, 5) is 1.71. The van der Waals surface area contributed by atoms with E-state index >= 15 is 0 Å². The van der Waals surface area contributed by atoms with Gasteiger partial charge < -0.3 is 10.5 Å². The number of ether oxygens (including phenoxy) is 1. The van der Waals surface area contributed by atoms with E-state index in [2.05, 4.69) is 0 Å². The molecule has 84 valence electrons. The summed E-state index contributed by atoms with van der Waals surface area (Å²) in [5.74, 6) is 0. The summed E-state index contributed by atoms with van der Waals surface area (Å²) in [7, 11) is 0. The highest BCUT2D eigenvalue weighted by Crippen LogP contribution is 2.20. The fourth-order valence-corrected chi connectivity index (χ4v) is 1.87. The van der Waals surface area contributed by atoms with Crippen molar-refractivity contribution >= 4 is 0 Å². The van der Waals surface area contributed by atoms with Crippen LogP contribution in [0.3, 0.4) is 0 Å². The molecule has 1 aliphatic heterocycles. The molecule has 1 unspecified atom stereocenters. The van der Waals surface area contributed by atoms with E-state index in [0.29, 0.717) is 19.6 Å². The minimum atomic E-state index is -2.29. The summed E-state index contributed by atoms with van der Waals surface area (Å²) < 4.78 is 30.0. The number of nitrogens with zero attached hydrogens (tertiary/aromatic N) is 1. The normalized spacial score (nSPS) is 28.3. The molecule has 0 bridgehead atoms. The van der Waals surface area contributed by atoms with Gasteiger partial charge in [-0.3, -0.25) is 4.90 Å². The number of hydrogen-bond donors (Lipinski definition) is 1. The van der Waals surface area contributed by atoms with Crippen LogP contribution in [0.5, 0.6) is 0 Å². The molecule has 1 aliphatic rings. The van der Waals surface area contributed by atoms with Crippen LogP contribution >= 0.6 is 0 Å². The Labute approximate surface area is 83.2 Å². The van der Waals surface area contributed by atoms with E-state index in [4.69, 9.17) is 10.5 Å². The van der Waals surface area contributed by atoms with Crippen molar-refractivity contribution in [1.82, 2.24) is 4.90 Å². The molecular formula is C9H18F2N2O. The summed E-state index contributed by atoms with van der Waals surface area (Å²) in [5, 5.41) is 0. The third-order valence-corrected chi connectivity index (χ3v) is 2.21. The summed E-state index contributed by atoms with van der Waals surface area (Å²) in [6.45, 7) is 5.02. The first kappa shape index (κ1) is 11.8. The molecule has 1 saturated heterocycles. The van der Waals surface area contributed by atoms with Gasteiger partial charge in [0.2, 0.25) is 0 Å². The van der Waals surface area contributed by atoms with Crippen LogP contribution in [0.1, 0.15) is 13.8 Å². The Morgan fingerprint density at radius 2 is 2.21 bits per heavy atom. The lowest BCUT2D eigenvalue weighted by Gasteiger charge is -2.42. The summed E-state index contributed by atoms with van der Waals surface area (Å²) >= 11 is 0. The van der Waals surface area contributed by atoms with Gasteiger partial charge in [0.25, 0.3) is 6.43 Å². The number of alkyl halides is 2. The van der Waals surface area contributed by atoms with E-state index in [1.165, 1.54) is 0 Å². The molecule has 0 aliphatic carbocycles. The fourth-order valence-electron chi connectivity index (χ4n) is 1.87. The molecule has 0 aromatic rings. The Hall–Kier alpha value is -0.260. The van der Waals surface area contributed by atoms with Crippen molar-refractivity contribution in [3.8, 4) is 0 Å². The zero-order chi connectivity index (χ0) is 10.8. The van der Waals surface area contributed by atoms with Crippen molar-refractivity contribution in [2.24, 2.45) is 5.73 Å². The summed E-state index contributed by atoms with van der Waals surface area (Å²) in [6, 6.07) is 0. The van der Waals surface area contributed by atoms with Crippen LogP contribution in [-0.4, -0.2) is 49.2 Å². The minimum absolute atomic E-state index is 0.127. The molecule has 0 saturated carbocycles. The molecule has 3 nitrogen and oxygen atoms in total. The first-order chi connectivity index (χ1) is 6.43. The molecule has 1 rings (SSSR count). The Kier molecular flexibility index (Phi) is 3.80. The number of nitrogens with two attached hydrogens (primary N) is 1. The monoisotopic (exact) mass is 208 g/mol. The fraction of sp³-hybridized carbons (Fsp3) is 1.00. The zero-order valence-corrected chi connectivity index (χ0v) is 8.67. The van der Waals surface area contributed by atoms with Crippen molar-refractivity contribution in [1.29, 1.82) is 0 Å². The van der Waals surface area contributed by atoms with Gasteiger partial charge in [-0.1, -0.05) is 0 Å². The topological polar surface area (TPSA) is 38.5 Å². The molecule has 2 N–H and O–H groups in total. The molecule has 1 heterocycles. The first-order valence-corrected chi connectivity index (χ1v) is 4.81. The van der Waals surface area contributed by atoms with Crippen molar-refractivity contribution in [2.45, 2.75) is 32.0 Å². The Bertz CT molecular complexity index is 188. The van der Waals surface area contributed by atoms with E-state index in [-0.39, 0.29) is 18.2 Å². The second kappa shape index (κ2) is 4.51. The highest BCUT2D eigenvalue weighted by atomic mass is 19.3. The van der Waals surface area contributed by atoms with Crippen LogP contribution in [0.2, 0.25) is 0 Å². The highest BCUT2D eigenvalue weighted by molar-refractivity contribution is 4.84. The van der Waals surface area contributed by atoms with Crippen molar-refractivity contribution < 1.29 is 13.5 Å². The number of halogens is 2. The predicted octanol–water partition coefficient (Wildman–Crippen LogP) is 0.690. The van der Waals surface area contributed by atoms with E-state index < -0.39 is 6.43 Å². The summed E-state index contributed by atoms with van der Waals surface area (Å²) in [6.07, 6.45) is -2.42. The average Bonchev–Trinajstić information content (AvgIpc) is 1.99. The molecule has 0 amide bonds. The summed E-state index contributed by atoms with van der Waals surface area (Å²) in [5.41, 5.74) is 5.10. The van der Waals surface area contributed by atoms with E-state index in [1.807, 2.05) is 13.8 Å². The highest BCUT2D eigenvalue weighted by Gasteiger charge is 2.33.